The van der Waals surface area contributed by atoms with Crippen molar-refractivity contribution in [2.45, 2.75) is 59.1 Å². The fourth-order valence-corrected chi connectivity index (χ4v) is 4.50. The fourth-order valence-electron chi connectivity index (χ4n) is 4.50. The largest absolute Gasteiger partial charge is 0.490 e. The van der Waals surface area contributed by atoms with Crippen LogP contribution in [0.1, 0.15) is 63.3 Å². The van der Waals surface area contributed by atoms with E-state index in [9.17, 15) is 10.1 Å². The number of benzene rings is 2. The number of aromatic nitrogens is 2. The van der Waals surface area contributed by atoms with E-state index < -0.39 is 0 Å². The van der Waals surface area contributed by atoms with Crippen molar-refractivity contribution in [1.29, 1.82) is 5.26 Å². The van der Waals surface area contributed by atoms with Crippen LogP contribution in [-0.4, -0.2) is 33.6 Å². The average Bonchev–Trinajstić information content (AvgIpc) is 3.45. The summed E-state index contributed by atoms with van der Waals surface area (Å²) in [6.07, 6.45) is 2.64. The molecule has 0 saturated carbocycles. The zero-order valence-corrected chi connectivity index (χ0v) is 19.5. The van der Waals surface area contributed by atoms with Crippen molar-refractivity contribution in [3.63, 3.8) is 0 Å². The zero-order chi connectivity index (χ0) is 23.5. The second-order valence-electron chi connectivity index (χ2n) is 8.55. The van der Waals surface area contributed by atoms with Gasteiger partial charge in [-0.1, -0.05) is 30.3 Å². The number of amides is 1. The predicted octanol–water partition coefficient (Wildman–Crippen LogP) is 5.31. The molecule has 0 spiro atoms. The fraction of sp³-hybridized carbons (Fsp3) is 0.385. The Hall–Kier alpha value is -3.66. The van der Waals surface area contributed by atoms with E-state index >= 15 is 0 Å². The molecule has 0 radical (unpaired) electrons. The molecule has 1 atom stereocenters. The molecular weight excluding hydrogens is 416 g/mol. The van der Waals surface area contributed by atoms with Crippen molar-refractivity contribution in [3.8, 4) is 34.7 Å². The topological polar surface area (TPSA) is 92.3 Å². The minimum Gasteiger partial charge on any atom is -0.490 e. The minimum atomic E-state index is -0.0294. The molecule has 0 N–H and O–H groups in total. The van der Waals surface area contributed by atoms with Gasteiger partial charge in [0.15, 0.2) is 0 Å². The van der Waals surface area contributed by atoms with Gasteiger partial charge in [-0.05, 0) is 62.4 Å². The second-order valence-corrected chi connectivity index (χ2v) is 8.55. The van der Waals surface area contributed by atoms with Crippen LogP contribution in [0.15, 0.2) is 40.9 Å². The van der Waals surface area contributed by atoms with Crippen LogP contribution < -0.4 is 4.74 Å². The minimum absolute atomic E-state index is 0.0294. The summed E-state index contributed by atoms with van der Waals surface area (Å²) in [7, 11) is 0. The van der Waals surface area contributed by atoms with Crippen LogP contribution in [-0.2, 0) is 11.2 Å². The highest BCUT2D eigenvalue weighted by atomic mass is 16.5. The first-order valence-corrected chi connectivity index (χ1v) is 11.4. The summed E-state index contributed by atoms with van der Waals surface area (Å²) in [5.74, 6) is 1.49. The number of hydrogen-bond donors (Lipinski definition) is 0. The molecule has 0 bridgehead atoms. The highest BCUT2D eigenvalue weighted by molar-refractivity contribution is 5.75. The Kier molecular flexibility index (Phi) is 6.45. The van der Waals surface area contributed by atoms with Gasteiger partial charge in [0.1, 0.15) is 11.8 Å². The smallest absolute Gasteiger partial charge is 0.258 e. The third-order valence-electron chi connectivity index (χ3n) is 5.86. The molecule has 1 aliphatic rings. The lowest BCUT2D eigenvalue weighted by Crippen LogP contribution is -2.32. The quantitative estimate of drug-likeness (QED) is 0.490. The van der Waals surface area contributed by atoms with Gasteiger partial charge in [-0.15, -0.1) is 0 Å². The Morgan fingerprint density at radius 2 is 2.15 bits per heavy atom. The van der Waals surface area contributed by atoms with Crippen molar-refractivity contribution in [1.82, 2.24) is 15.0 Å². The maximum Gasteiger partial charge on any atom is 0.258 e. The molecule has 1 aliphatic carbocycles. The van der Waals surface area contributed by atoms with Crippen LogP contribution in [0, 0.1) is 11.3 Å². The van der Waals surface area contributed by atoms with Crippen molar-refractivity contribution >= 4 is 5.91 Å². The van der Waals surface area contributed by atoms with E-state index in [1.807, 2.05) is 36.9 Å². The lowest BCUT2D eigenvalue weighted by molar-refractivity contribution is -0.131. The molecule has 7 nitrogen and oxygen atoms in total. The van der Waals surface area contributed by atoms with Crippen LogP contribution in [0.4, 0.5) is 0 Å². The number of carbonyl (C=O) groups excluding carboxylic acids is 1. The van der Waals surface area contributed by atoms with Gasteiger partial charge >= 0.3 is 0 Å². The summed E-state index contributed by atoms with van der Waals surface area (Å²) in [4.78, 5) is 18.8. The Morgan fingerprint density at radius 1 is 1.33 bits per heavy atom. The first kappa shape index (κ1) is 22.5. The standard InChI is InChI=1S/C26H28N4O3/c1-5-13-30(17(4)31)23-11-10-20-21(23)7-6-8-22(20)25-28-26(33-29-25)18-9-12-24(32-16(2)3)19(14-18)15-27/h6-9,12,14,16,23H,5,10-11,13H2,1-4H3/t23-/m1/s1. The maximum absolute atomic E-state index is 12.2. The molecule has 0 fully saturated rings. The maximum atomic E-state index is 12.2. The van der Waals surface area contributed by atoms with Crippen LogP contribution in [0.25, 0.3) is 22.8 Å². The predicted molar refractivity (Wildman–Crippen MR) is 124 cm³/mol. The van der Waals surface area contributed by atoms with Crippen molar-refractivity contribution in [3.05, 3.63) is 53.1 Å². The summed E-state index contributed by atoms with van der Waals surface area (Å²) in [5, 5.41) is 13.7. The van der Waals surface area contributed by atoms with Crippen molar-refractivity contribution in [2.24, 2.45) is 0 Å². The van der Waals surface area contributed by atoms with Crippen LogP contribution in [0.5, 0.6) is 5.75 Å². The SMILES string of the molecule is CCCN(C(C)=O)[C@@H]1CCc2c(-c3noc(-c4ccc(OC(C)C)c(C#N)c4)n3)cccc21. The van der Waals surface area contributed by atoms with Crippen molar-refractivity contribution < 1.29 is 14.1 Å². The zero-order valence-electron chi connectivity index (χ0n) is 19.5. The first-order chi connectivity index (χ1) is 15.9. The number of fused-ring (bicyclic) bond motifs is 1. The second kappa shape index (κ2) is 9.45. The molecule has 33 heavy (non-hydrogen) atoms. The molecule has 2 aromatic carbocycles. The van der Waals surface area contributed by atoms with Gasteiger partial charge in [0.2, 0.25) is 11.7 Å². The van der Waals surface area contributed by atoms with E-state index in [1.54, 1.807) is 19.1 Å². The molecule has 0 aliphatic heterocycles. The summed E-state index contributed by atoms with van der Waals surface area (Å²) < 4.78 is 11.3. The Bertz CT molecular complexity index is 1210. The van der Waals surface area contributed by atoms with Crippen LogP contribution in [0.2, 0.25) is 0 Å². The third kappa shape index (κ3) is 4.47. The highest BCUT2D eigenvalue weighted by Crippen LogP contribution is 2.40. The summed E-state index contributed by atoms with van der Waals surface area (Å²) in [5.41, 5.74) is 4.33. The van der Waals surface area contributed by atoms with Crippen LogP contribution in [0.3, 0.4) is 0 Å². The normalized spacial score (nSPS) is 14.7. The van der Waals surface area contributed by atoms with Gasteiger partial charge < -0.3 is 14.2 Å². The molecule has 4 rings (SSSR count). The molecule has 7 heteroatoms. The summed E-state index contributed by atoms with van der Waals surface area (Å²) in [6, 6.07) is 13.6. The first-order valence-electron chi connectivity index (χ1n) is 11.4. The van der Waals surface area contributed by atoms with E-state index in [0.717, 1.165) is 42.5 Å². The van der Waals surface area contributed by atoms with E-state index in [4.69, 9.17) is 9.26 Å². The lowest BCUT2D eigenvalue weighted by atomic mass is 10.0. The number of hydrogen-bond acceptors (Lipinski definition) is 6. The molecule has 0 saturated heterocycles. The van der Waals surface area contributed by atoms with E-state index in [0.29, 0.717) is 28.6 Å². The molecule has 170 valence electrons. The Morgan fingerprint density at radius 3 is 2.85 bits per heavy atom. The van der Waals surface area contributed by atoms with Gasteiger partial charge in [0, 0.05) is 24.6 Å². The van der Waals surface area contributed by atoms with Gasteiger partial charge in [-0.2, -0.15) is 10.2 Å². The molecular formula is C26H28N4O3. The lowest BCUT2D eigenvalue weighted by Gasteiger charge is -2.28. The summed E-state index contributed by atoms with van der Waals surface area (Å²) >= 11 is 0. The highest BCUT2D eigenvalue weighted by Gasteiger charge is 2.31. The number of ether oxygens (including phenoxy) is 1. The number of carbonyl (C=O) groups is 1. The van der Waals surface area contributed by atoms with Crippen molar-refractivity contribution in [2.75, 3.05) is 6.54 Å². The van der Waals surface area contributed by atoms with Gasteiger partial charge in [-0.25, -0.2) is 0 Å². The van der Waals surface area contributed by atoms with E-state index in [2.05, 4.69) is 29.2 Å². The Balaban J connectivity index is 1.66. The molecule has 0 unspecified atom stereocenters. The monoisotopic (exact) mass is 444 g/mol. The van der Waals surface area contributed by atoms with Gasteiger partial charge in [0.05, 0.1) is 17.7 Å². The number of nitrogens with zero attached hydrogens (tertiary/aromatic N) is 4. The Labute approximate surface area is 194 Å². The van der Waals surface area contributed by atoms with Crippen LogP contribution >= 0.6 is 0 Å². The van der Waals surface area contributed by atoms with Gasteiger partial charge in [0.25, 0.3) is 5.89 Å². The average molecular weight is 445 g/mol. The van der Waals surface area contributed by atoms with E-state index in [1.165, 1.54) is 0 Å². The molecule has 1 amide bonds. The van der Waals surface area contributed by atoms with E-state index in [-0.39, 0.29) is 18.1 Å². The van der Waals surface area contributed by atoms with Gasteiger partial charge in [-0.3, -0.25) is 4.79 Å². The molecule has 1 aromatic heterocycles. The summed E-state index contributed by atoms with van der Waals surface area (Å²) in [6.45, 7) is 8.30. The molecule has 3 aromatic rings. The number of nitriles is 1. The number of rotatable bonds is 7. The third-order valence-corrected chi connectivity index (χ3v) is 5.86. The molecule has 1 heterocycles.